The molecule has 0 fully saturated rings. The van der Waals surface area contributed by atoms with E-state index in [9.17, 15) is 0 Å². The van der Waals surface area contributed by atoms with Crippen LogP contribution in [0.3, 0.4) is 0 Å². The molecule has 18 heavy (non-hydrogen) atoms. The first kappa shape index (κ1) is 11.4. The molecule has 0 saturated carbocycles. The minimum Gasteiger partial charge on any atom is -0.396 e. The fraction of sp³-hybridized carbons (Fsp3) is 0.231. The fourth-order valence-corrected chi connectivity index (χ4v) is 2.75. The number of nitrogens with one attached hydrogen (secondary N) is 1. The molecule has 0 radical (unpaired) electrons. The van der Waals surface area contributed by atoms with Crippen LogP contribution in [0, 0.1) is 6.92 Å². The number of rotatable bonds is 3. The number of aromatic nitrogens is 3. The average Bonchev–Trinajstić information content (AvgIpc) is 2.93. The zero-order valence-corrected chi connectivity index (χ0v) is 10.8. The minimum atomic E-state index is 0.145. The Morgan fingerprint density at radius 3 is 3.06 bits per heavy atom. The van der Waals surface area contributed by atoms with Crippen LogP contribution in [0.15, 0.2) is 23.6 Å². The van der Waals surface area contributed by atoms with Crippen molar-refractivity contribution in [2.75, 3.05) is 6.61 Å². The van der Waals surface area contributed by atoms with E-state index in [1.165, 1.54) is 0 Å². The van der Waals surface area contributed by atoms with Crippen LogP contribution >= 0.6 is 11.3 Å². The maximum Gasteiger partial charge on any atom is 0.104 e. The quantitative estimate of drug-likeness (QED) is 0.759. The van der Waals surface area contributed by atoms with Crippen molar-refractivity contribution in [1.82, 2.24) is 15.0 Å². The molecule has 3 rings (SSSR count). The van der Waals surface area contributed by atoms with Crippen LogP contribution in [-0.2, 0) is 6.42 Å². The summed E-state index contributed by atoms with van der Waals surface area (Å²) in [6, 6.07) is 6.09. The Hall–Kier alpha value is -1.72. The van der Waals surface area contributed by atoms with Crippen molar-refractivity contribution in [3.8, 4) is 11.3 Å². The molecule has 5 heteroatoms. The van der Waals surface area contributed by atoms with Gasteiger partial charge in [-0.05, 0) is 19.1 Å². The van der Waals surface area contributed by atoms with E-state index in [1.807, 2.05) is 24.4 Å². The van der Waals surface area contributed by atoms with Crippen molar-refractivity contribution in [2.45, 2.75) is 13.3 Å². The second kappa shape index (κ2) is 4.51. The van der Waals surface area contributed by atoms with Crippen LogP contribution in [0.4, 0.5) is 0 Å². The zero-order valence-electron chi connectivity index (χ0n) is 9.97. The number of thiazole rings is 1. The first-order valence-electron chi connectivity index (χ1n) is 5.78. The third kappa shape index (κ3) is 2.02. The lowest BCUT2D eigenvalue weighted by molar-refractivity contribution is 0.299. The van der Waals surface area contributed by atoms with Crippen LogP contribution in [-0.4, -0.2) is 26.7 Å². The molecule has 2 N–H and O–H groups in total. The number of hydrogen-bond donors (Lipinski definition) is 2. The number of benzene rings is 1. The van der Waals surface area contributed by atoms with Gasteiger partial charge in [-0.25, -0.2) is 9.97 Å². The first-order chi connectivity index (χ1) is 8.76. The van der Waals surface area contributed by atoms with Crippen molar-refractivity contribution < 1.29 is 5.11 Å². The second-order valence-electron chi connectivity index (χ2n) is 4.15. The van der Waals surface area contributed by atoms with Gasteiger partial charge in [0.05, 0.1) is 21.7 Å². The summed E-state index contributed by atoms with van der Waals surface area (Å²) in [6.45, 7) is 2.09. The van der Waals surface area contributed by atoms with Gasteiger partial charge in [-0.1, -0.05) is 6.07 Å². The Morgan fingerprint density at radius 1 is 1.33 bits per heavy atom. The van der Waals surface area contributed by atoms with Crippen molar-refractivity contribution in [3.63, 3.8) is 0 Å². The third-order valence-corrected chi connectivity index (χ3v) is 3.68. The minimum absolute atomic E-state index is 0.145. The Balaban J connectivity index is 2.01. The van der Waals surface area contributed by atoms with Crippen LogP contribution in [0.25, 0.3) is 22.3 Å². The number of aryl methyl sites for hydroxylation is 1. The molecule has 0 unspecified atom stereocenters. The van der Waals surface area contributed by atoms with Gasteiger partial charge in [-0.2, -0.15) is 0 Å². The van der Waals surface area contributed by atoms with E-state index in [4.69, 9.17) is 5.11 Å². The molecule has 1 aromatic carbocycles. The summed E-state index contributed by atoms with van der Waals surface area (Å²) in [4.78, 5) is 12.1. The van der Waals surface area contributed by atoms with Crippen molar-refractivity contribution in [2.24, 2.45) is 0 Å². The van der Waals surface area contributed by atoms with Gasteiger partial charge in [0.2, 0.25) is 0 Å². The molecule has 0 aliphatic carbocycles. The van der Waals surface area contributed by atoms with Gasteiger partial charge in [0.15, 0.2) is 0 Å². The van der Waals surface area contributed by atoms with Gasteiger partial charge >= 0.3 is 0 Å². The van der Waals surface area contributed by atoms with Gasteiger partial charge in [-0.15, -0.1) is 11.3 Å². The molecule has 0 aliphatic heterocycles. The van der Waals surface area contributed by atoms with E-state index in [1.54, 1.807) is 11.3 Å². The summed E-state index contributed by atoms with van der Waals surface area (Å²) in [7, 11) is 0. The predicted molar refractivity (Wildman–Crippen MR) is 72.7 cm³/mol. The van der Waals surface area contributed by atoms with Crippen molar-refractivity contribution in [1.29, 1.82) is 0 Å². The van der Waals surface area contributed by atoms with Crippen LogP contribution in [0.2, 0.25) is 0 Å². The molecular weight excluding hydrogens is 246 g/mol. The topological polar surface area (TPSA) is 61.8 Å². The maximum atomic E-state index is 8.90. The van der Waals surface area contributed by atoms with Crippen LogP contribution in [0.1, 0.15) is 10.8 Å². The number of fused-ring (bicyclic) bond motifs is 1. The van der Waals surface area contributed by atoms with Gasteiger partial charge in [0.25, 0.3) is 0 Å². The number of aromatic amines is 1. The van der Waals surface area contributed by atoms with Gasteiger partial charge in [0.1, 0.15) is 5.82 Å². The highest BCUT2D eigenvalue weighted by molar-refractivity contribution is 7.09. The average molecular weight is 259 g/mol. The van der Waals surface area contributed by atoms with E-state index in [0.717, 1.165) is 33.1 Å². The Labute approximate surface area is 108 Å². The maximum absolute atomic E-state index is 8.90. The predicted octanol–water partition coefficient (Wildman–Crippen LogP) is 2.53. The van der Waals surface area contributed by atoms with Crippen molar-refractivity contribution in [3.05, 3.63) is 34.4 Å². The molecule has 0 spiro atoms. The highest BCUT2D eigenvalue weighted by Crippen LogP contribution is 2.25. The lowest BCUT2D eigenvalue weighted by Gasteiger charge is -1.96. The molecule has 2 aromatic heterocycles. The number of nitrogens with zero attached hydrogens (tertiary/aromatic N) is 2. The molecule has 4 nitrogen and oxygen atoms in total. The Bertz CT molecular complexity index is 686. The second-order valence-corrected chi connectivity index (χ2v) is 5.10. The summed E-state index contributed by atoms with van der Waals surface area (Å²) in [5, 5.41) is 11.9. The van der Waals surface area contributed by atoms with E-state index in [-0.39, 0.29) is 6.61 Å². The Kier molecular flexibility index (Phi) is 2.85. The van der Waals surface area contributed by atoms with E-state index < -0.39 is 0 Å². The first-order valence-corrected chi connectivity index (χ1v) is 6.66. The third-order valence-electron chi connectivity index (χ3n) is 2.77. The van der Waals surface area contributed by atoms with Gasteiger partial charge in [-0.3, -0.25) is 0 Å². The Morgan fingerprint density at radius 2 is 2.22 bits per heavy atom. The number of imidazole rings is 1. The number of aliphatic hydroxyl groups excluding tert-OH is 1. The van der Waals surface area contributed by atoms with Crippen molar-refractivity contribution >= 4 is 22.4 Å². The standard InChI is InChI=1S/C13H13N3OS/c1-8-14-10-3-2-9(6-11(10)15-8)12-7-18-13(16-12)4-5-17/h2-3,6-7,17H,4-5H2,1H3,(H,14,15). The summed E-state index contributed by atoms with van der Waals surface area (Å²) in [5.74, 6) is 0.918. The SMILES string of the molecule is Cc1nc2ccc(-c3csc(CCO)n3)cc2[nH]1. The monoisotopic (exact) mass is 259 g/mol. The number of hydrogen-bond acceptors (Lipinski definition) is 4. The lowest BCUT2D eigenvalue weighted by atomic mass is 10.1. The van der Waals surface area contributed by atoms with Gasteiger partial charge in [0, 0.05) is 24.0 Å². The molecule has 2 heterocycles. The lowest BCUT2D eigenvalue weighted by Crippen LogP contribution is -1.89. The van der Waals surface area contributed by atoms with Crippen LogP contribution < -0.4 is 0 Å². The highest BCUT2D eigenvalue weighted by atomic mass is 32.1. The summed E-state index contributed by atoms with van der Waals surface area (Å²) >= 11 is 1.58. The van der Waals surface area contributed by atoms with E-state index >= 15 is 0 Å². The highest BCUT2D eigenvalue weighted by Gasteiger charge is 2.06. The molecule has 0 amide bonds. The normalized spacial score (nSPS) is 11.2. The van der Waals surface area contributed by atoms with E-state index in [0.29, 0.717) is 6.42 Å². The summed E-state index contributed by atoms with van der Waals surface area (Å²) < 4.78 is 0. The summed E-state index contributed by atoms with van der Waals surface area (Å²) in [6.07, 6.45) is 0.621. The van der Waals surface area contributed by atoms with Crippen LogP contribution in [0.5, 0.6) is 0 Å². The zero-order chi connectivity index (χ0) is 12.5. The van der Waals surface area contributed by atoms with Gasteiger partial charge < -0.3 is 10.1 Å². The molecule has 0 atom stereocenters. The largest absolute Gasteiger partial charge is 0.396 e. The smallest absolute Gasteiger partial charge is 0.104 e. The van der Waals surface area contributed by atoms with E-state index in [2.05, 4.69) is 21.0 Å². The molecule has 0 aliphatic rings. The molecule has 3 aromatic rings. The molecular formula is C13H13N3OS. The number of aliphatic hydroxyl groups is 1. The fourth-order valence-electron chi connectivity index (χ4n) is 1.95. The molecule has 92 valence electrons. The molecule has 0 bridgehead atoms. The summed E-state index contributed by atoms with van der Waals surface area (Å²) in [5.41, 5.74) is 4.04. The number of H-pyrrole nitrogens is 1. The molecule has 0 saturated heterocycles.